The third-order valence-corrected chi connectivity index (χ3v) is 9.28. The Bertz CT molecular complexity index is 1060. The number of likely N-dealkylation sites (tertiary alicyclic amines) is 1. The maximum Gasteiger partial charge on any atom is 0.228 e. The molecule has 3 aliphatic heterocycles. The summed E-state index contributed by atoms with van der Waals surface area (Å²) in [6, 6.07) is 16.3. The third-order valence-electron chi connectivity index (χ3n) is 9.28. The summed E-state index contributed by atoms with van der Waals surface area (Å²) in [5, 5.41) is 3.48. The van der Waals surface area contributed by atoms with E-state index in [-0.39, 0.29) is 29.8 Å². The van der Waals surface area contributed by atoms with Gasteiger partial charge in [-0.2, -0.15) is 0 Å². The lowest BCUT2D eigenvalue weighted by atomic mass is 9.69. The highest BCUT2D eigenvalue weighted by atomic mass is 19.1. The van der Waals surface area contributed by atoms with Gasteiger partial charge in [-0.3, -0.25) is 4.79 Å². The minimum atomic E-state index is -0.669. The second-order valence-corrected chi connectivity index (χ2v) is 11.2. The van der Waals surface area contributed by atoms with Crippen LogP contribution >= 0.6 is 0 Å². The zero-order valence-electron chi connectivity index (χ0n) is 22.0. The van der Waals surface area contributed by atoms with Gasteiger partial charge in [-0.05, 0) is 55.2 Å². The van der Waals surface area contributed by atoms with Crippen molar-refractivity contribution in [3.8, 4) is 0 Å². The Kier molecular flexibility index (Phi) is 7.50. The first-order valence-corrected chi connectivity index (χ1v) is 13.9. The van der Waals surface area contributed by atoms with Gasteiger partial charge >= 0.3 is 0 Å². The van der Waals surface area contributed by atoms with E-state index < -0.39 is 5.41 Å². The number of carbonyl (C=O) groups excluding carboxylic acids is 1. The predicted molar refractivity (Wildman–Crippen MR) is 142 cm³/mol. The fourth-order valence-electron chi connectivity index (χ4n) is 7.30. The van der Waals surface area contributed by atoms with Crippen molar-refractivity contribution in [1.29, 1.82) is 0 Å². The highest BCUT2D eigenvalue weighted by Gasteiger charge is 2.54. The molecule has 0 saturated carbocycles. The Hall–Kier alpha value is -2.24. The summed E-state index contributed by atoms with van der Waals surface area (Å²) in [6.45, 7) is 8.81. The third kappa shape index (κ3) is 4.50. The number of piperidine rings is 1. The summed E-state index contributed by atoms with van der Waals surface area (Å²) in [4.78, 5) is 16.7. The highest BCUT2D eigenvalue weighted by Crippen LogP contribution is 2.45. The van der Waals surface area contributed by atoms with Crippen LogP contribution in [0.15, 0.2) is 48.5 Å². The molecule has 0 aromatic heterocycles. The van der Waals surface area contributed by atoms with Gasteiger partial charge in [-0.1, -0.05) is 69.2 Å². The molecule has 5 unspecified atom stereocenters. The first kappa shape index (κ1) is 25.4. The molecule has 1 spiro atoms. The second-order valence-electron chi connectivity index (χ2n) is 11.2. The lowest BCUT2D eigenvalue weighted by Gasteiger charge is -2.46. The number of halogens is 1. The van der Waals surface area contributed by atoms with Crippen LogP contribution in [-0.4, -0.2) is 49.2 Å². The van der Waals surface area contributed by atoms with E-state index in [4.69, 9.17) is 4.74 Å². The quantitative estimate of drug-likeness (QED) is 0.603. The highest BCUT2D eigenvalue weighted by molar-refractivity contribution is 5.82. The van der Waals surface area contributed by atoms with Gasteiger partial charge < -0.3 is 15.0 Å². The molecule has 2 saturated heterocycles. The molecule has 3 heterocycles. The molecular formula is C31H41FN2O2. The Morgan fingerprint density at radius 1 is 1.17 bits per heavy atom. The van der Waals surface area contributed by atoms with Crippen molar-refractivity contribution in [2.24, 2.45) is 11.8 Å². The summed E-state index contributed by atoms with van der Waals surface area (Å²) in [6.07, 6.45) is 4.75. The molecule has 2 aromatic rings. The number of benzene rings is 2. The number of hydrogen-bond donors (Lipinski definition) is 1. The SMILES string of the molecule is CCC(CC)C1CC(c2ccccc2)CCN1C(=O)C1CNCC12COC(C)Cc1cccc(F)c12. The molecule has 1 amide bonds. The fourth-order valence-corrected chi connectivity index (χ4v) is 7.30. The molecule has 2 fully saturated rings. The lowest BCUT2D eigenvalue weighted by molar-refractivity contribution is -0.143. The first-order valence-electron chi connectivity index (χ1n) is 13.9. The number of rotatable bonds is 5. The van der Waals surface area contributed by atoms with Gasteiger partial charge in [-0.25, -0.2) is 4.39 Å². The van der Waals surface area contributed by atoms with Crippen LogP contribution in [0, 0.1) is 17.7 Å². The zero-order chi connectivity index (χ0) is 25.3. The number of nitrogens with one attached hydrogen (secondary N) is 1. The van der Waals surface area contributed by atoms with Crippen LogP contribution in [0.2, 0.25) is 0 Å². The van der Waals surface area contributed by atoms with Gasteiger partial charge in [0.05, 0.1) is 18.6 Å². The molecule has 5 heteroatoms. The van der Waals surface area contributed by atoms with E-state index in [2.05, 4.69) is 54.4 Å². The summed E-state index contributed by atoms with van der Waals surface area (Å²) in [5.41, 5.74) is 2.40. The Morgan fingerprint density at radius 3 is 2.69 bits per heavy atom. The van der Waals surface area contributed by atoms with Gasteiger partial charge in [0, 0.05) is 36.7 Å². The van der Waals surface area contributed by atoms with Crippen LogP contribution in [0.25, 0.3) is 0 Å². The molecule has 5 atom stereocenters. The van der Waals surface area contributed by atoms with Crippen molar-refractivity contribution in [2.75, 3.05) is 26.2 Å². The Morgan fingerprint density at radius 2 is 1.94 bits per heavy atom. The van der Waals surface area contributed by atoms with Crippen molar-refractivity contribution >= 4 is 5.91 Å². The summed E-state index contributed by atoms with van der Waals surface area (Å²) in [5.74, 6) is 0.572. The van der Waals surface area contributed by atoms with Crippen molar-refractivity contribution in [1.82, 2.24) is 10.2 Å². The Balaban J connectivity index is 1.49. The molecule has 3 aliphatic rings. The molecule has 5 rings (SSSR count). The normalized spacial score (nSPS) is 30.4. The topological polar surface area (TPSA) is 41.6 Å². The second kappa shape index (κ2) is 10.6. The van der Waals surface area contributed by atoms with Crippen LogP contribution in [-0.2, 0) is 21.4 Å². The van der Waals surface area contributed by atoms with Crippen LogP contribution in [0.3, 0.4) is 0 Å². The Labute approximate surface area is 215 Å². The smallest absolute Gasteiger partial charge is 0.228 e. The standard InChI is InChI=1S/C31H41FN2O2/c1-4-22(5-2)28-17-24(23-10-7-6-8-11-23)14-15-34(28)30(35)26-18-33-19-31(26)20-36-21(3)16-25-12-9-13-27(32)29(25)31/h6-13,21-22,24,26,28,33H,4-5,14-20H2,1-3H3. The molecule has 36 heavy (non-hydrogen) atoms. The van der Waals surface area contributed by atoms with Crippen molar-refractivity contribution < 1.29 is 13.9 Å². The molecular weight excluding hydrogens is 451 g/mol. The van der Waals surface area contributed by atoms with E-state index in [1.165, 1.54) is 5.56 Å². The molecule has 1 N–H and O–H groups in total. The van der Waals surface area contributed by atoms with Gasteiger partial charge in [0.25, 0.3) is 0 Å². The average molecular weight is 493 g/mol. The van der Waals surface area contributed by atoms with Crippen LogP contribution in [0.1, 0.15) is 69.1 Å². The summed E-state index contributed by atoms with van der Waals surface area (Å²) < 4.78 is 21.8. The van der Waals surface area contributed by atoms with Gasteiger partial charge in [0.2, 0.25) is 5.91 Å². The summed E-state index contributed by atoms with van der Waals surface area (Å²) in [7, 11) is 0. The predicted octanol–water partition coefficient (Wildman–Crippen LogP) is 5.46. The summed E-state index contributed by atoms with van der Waals surface area (Å²) >= 11 is 0. The van der Waals surface area contributed by atoms with E-state index in [0.29, 0.717) is 43.5 Å². The number of ether oxygens (including phenoxy) is 1. The largest absolute Gasteiger partial charge is 0.377 e. The van der Waals surface area contributed by atoms with Gasteiger partial charge in [0.1, 0.15) is 5.82 Å². The van der Waals surface area contributed by atoms with Crippen LogP contribution < -0.4 is 5.32 Å². The molecule has 0 aliphatic carbocycles. The molecule has 194 valence electrons. The van der Waals surface area contributed by atoms with Crippen molar-refractivity contribution in [2.45, 2.75) is 76.4 Å². The minimum Gasteiger partial charge on any atom is -0.377 e. The van der Waals surface area contributed by atoms with Crippen molar-refractivity contribution in [3.63, 3.8) is 0 Å². The molecule has 2 aromatic carbocycles. The van der Waals surface area contributed by atoms with Crippen LogP contribution in [0.5, 0.6) is 0 Å². The van der Waals surface area contributed by atoms with E-state index in [1.807, 2.05) is 13.0 Å². The number of amides is 1. The van der Waals surface area contributed by atoms with E-state index in [1.54, 1.807) is 12.1 Å². The first-order chi connectivity index (χ1) is 17.5. The average Bonchev–Trinajstić information content (AvgIpc) is 3.26. The number of carbonyl (C=O) groups is 1. The van der Waals surface area contributed by atoms with E-state index in [9.17, 15) is 4.79 Å². The maximum atomic E-state index is 15.5. The van der Waals surface area contributed by atoms with E-state index >= 15 is 4.39 Å². The van der Waals surface area contributed by atoms with Crippen molar-refractivity contribution in [3.05, 3.63) is 71.0 Å². The van der Waals surface area contributed by atoms with E-state index in [0.717, 1.165) is 37.8 Å². The molecule has 0 radical (unpaired) electrons. The fraction of sp³-hybridized carbons (Fsp3) is 0.581. The monoisotopic (exact) mass is 492 g/mol. The molecule has 0 bridgehead atoms. The lowest BCUT2D eigenvalue weighted by Crippen LogP contribution is -2.55. The minimum absolute atomic E-state index is 0.000191. The van der Waals surface area contributed by atoms with Gasteiger partial charge in [0.15, 0.2) is 0 Å². The number of fused-ring (bicyclic) bond motifs is 2. The molecule has 4 nitrogen and oxygen atoms in total. The zero-order valence-corrected chi connectivity index (χ0v) is 22.0. The van der Waals surface area contributed by atoms with Gasteiger partial charge in [-0.15, -0.1) is 0 Å². The maximum absolute atomic E-state index is 15.5. The number of nitrogens with zero attached hydrogens (tertiary/aromatic N) is 1. The number of hydrogen-bond acceptors (Lipinski definition) is 3. The van der Waals surface area contributed by atoms with Crippen LogP contribution in [0.4, 0.5) is 4.39 Å².